The molecule has 0 aromatic carbocycles. The molecule has 140 valence electrons. The number of carbonyl (C=O) groups excluding carboxylic acids is 1. The van der Waals surface area contributed by atoms with Gasteiger partial charge in [0.1, 0.15) is 6.10 Å². The lowest BCUT2D eigenvalue weighted by atomic mass is 10.1. The molecule has 3 heterocycles. The van der Waals surface area contributed by atoms with Crippen molar-refractivity contribution in [1.82, 2.24) is 15.0 Å². The molecule has 7 nitrogen and oxygen atoms in total. The fourth-order valence-corrected chi connectivity index (χ4v) is 2.93. The molecule has 1 atom stereocenters. The lowest BCUT2D eigenvalue weighted by Crippen LogP contribution is -2.42. The van der Waals surface area contributed by atoms with E-state index < -0.39 is 0 Å². The molecule has 1 fully saturated rings. The monoisotopic (exact) mass is 358 g/mol. The molecule has 2 aromatic rings. The van der Waals surface area contributed by atoms with E-state index in [-0.39, 0.29) is 23.7 Å². The van der Waals surface area contributed by atoms with Crippen molar-refractivity contribution in [2.24, 2.45) is 0 Å². The van der Waals surface area contributed by atoms with E-state index in [0.29, 0.717) is 19.7 Å². The predicted octanol–water partition coefficient (Wildman–Crippen LogP) is 2.78. The minimum Gasteiger partial charge on any atom is -0.378 e. The van der Waals surface area contributed by atoms with Gasteiger partial charge >= 0.3 is 0 Å². The highest BCUT2D eigenvalue weighted by Crippen LogP contribution is 2.26. The van der Waals surface area contributed by atoms with Crippen LogP contribution in [0.4, 0.5) is 5.69 Å². The first kappa shape index (κ1) is 18.4. The van der Waals surface area contributed by atoms with Gasteiger partial charge in [0.15, 0.2) is 0 Å². The predicted molar refractivity (Wildman–Crippen MR) is 98.5 cm³/mol. The second kappa shape index (κ2) is 7.45. The summed E-state index contributed by atoms with van der Waals surface area (Å²) in [4.78, 5) is 21.2. The van der Waals surface area contributed by atoms with Gasteiger partial charge in [0.05, 0.1) is 24.5 Å². The Kier molecular flexibility index (Phi) is 5.27. The zero-order valence-electron chi connectivity index (χ0n) is 16.0. The summed E-state index contributed by atoms with van der Waals surface area (Å²) in [5.41, 5.74) is 3.62. The van der Waals surface area contributed by atoms with Crippen LogP contribution in [-0.4, -0.2) is 54.7 Å². The van der Waals surface area contributed by atoms with Crippen molar-refractivity contribution >= 4 is 11.6 Å². The van der Waals surface area contributed by atoms with Gasteiger partial charge in [0.25, 0.3) is 5.91 Å². The Morgan fingerprint density at radius 2 is 2.08 bits per heavy atom. The van der Waals surface area contributed by atoms with Gasteiger partial charge in [-0.05, 0) is 25.0 Å². The van der Waals surface area contributed by atoms with Crippen LogP contribution in [0, 0.1) is 6.92 Å². The van der Waals surface area contributed by atoms with Gasteiger partial charge in [-0.15, -0.1) is 0 Å². The van der Waals surface area contributed by atoms with Crippen LogP contribution in [0.1, 0.15) is 53.5 Å². The molecule has 1 amide bonds. The van der Waals surface area contributed by atoms with Crippen LogP contribution >= 0.6 is 0 Å². The molecule has 1 aliphatic rings. The van der Waals surface area contributed by atoms with Gasteiger partial charge in [0.2, 0.25) is 5.76 Å². The summed E-state index contributed by atoms with van der Waals surface area (Å²) in [5, 5.41) is 3.98. The quantitative estimate of drug-likeness (QED) is 0.837. The molecule has 0 aliphatic carbocycles. The zero-order valence-corrected chi connectivity index (χ0v) is 16.0. The fourth-order valence-electron chi connectivity index (χ4n) is 2.93. The normalized spacial score (nSPS) is 17.6. The number of morpholine rings is 1. The molecule has 0 unspecified atom stereocenters. The number of ether oxygens (including phenoxy) is 1. The van der Waals surface area contributed by atoms with E-state index >= 15 is 0 Å². The summed E-state index contributed by atoms with van der Waals surface area (Å²) in [7, 11) is 3.98. The number of anilines is 1. The van der Waals surface area contributed by atoms with Crippen LogP contribution in [0.5, 0.6) is 0 Å². The number of pyridine rings is 1. The van der Waals surface area contributed by atoms with E-state index in [0.717, 1.165) is 22.8 Å². The molecular weight excluding hydrogens is 332 g/mol. The van der Waals surface area contributed by atoms with Gasteiger partial charge in [-0.25, -0.2) is 0 Å². The zero-order chi connectivity index (χ0) is 18.8. The Balaban J connectivity index is 1.77. The molecule has 0 radical (unpaired) electrons. The maximum absolute atomic E-state index is 12.8. The second-order valence-electron chi connectivity index (χ2n) is 7.17. The SMILES string of the molecule is Cc1cc(N(C)C)cc([C@@H]2CN(C(=O)c3cc(C(C)C)no3)CCO2)n1. The fraction of sp³-hybridized carbons (Fsp3) is 0.526. The van der Waals surface area contributed by atoms with Crippen molar-refractivity contribution in [1.29, 1.82) is 0 Å². The third-order valence-electron chi connectivity index (χ3n) is 4.49. The van der Waals surface area contributed by atoms with Crippen LogP contribution in [0.2, 0.25) is 0 Å². The number of rotatable bonds is 4. The Morgan fingerprint density at radius 1 is 1.31 bits per heavy atom. The maximum atomic E-state index is 12.8. The second-order valence-corrected chi connectivity index (χ2v) is 7.17. The Labute approximate surface area is 153 Å². The van der Waals surface area contributed by atoms with Gasteiger partial charge in [-0.2, -0.15) is 0 Å². The highest BCUT2D eigenvalue weighted by Gasteiger charge is 2.29. The molecule has 1 saturated heterocycles. The summed E-state index contributed by atoms with van der Waals surface area (Å²) in [6, 6.07) is 5.76. The first-order chi connectivity index (χ1) is 12.3. The van der Waals surface area contributed by atoms with E-state index in [9.17, 15) is 4.79 Å². The van der Waals surface area contributed by atoms with Crippen molar-refractivity contribution in [3.8, 4) is 0 Å². The van der Waals surface area contributed by atoms with Crippen molar-refractivity contribution in [3.05, 3.63) is 41.0 Å². The molecule has 26 heavy (non-hydrogen) atoms. The Bertz CT molecular complexity index is 785. The average molecular weight is 358 g/mol. The van der Waals surface area contributed by atoms with Crippen molar-refractivity contribution in [3.63, 3.8) is 0 Å². The summed E-state index contributed by atoms with van der Waals surface area (Å²) < 4.78 is 11.1. The Morgan fingerprint density at radius 3 is 2.73 bits per heavy atom. The standard InChI is InChI=1S/C19H26N4O3/c1-12(2)15-10-17(26-21-15)19(24)23-6-7-25-18(11-23)16-9-14(22(4)5)8-13(3)20-16/h8-10,12,18H,6-7,11H2,1-5H3/t18-/m0/s1. The summed E-state index contributed by atoms with van der Waals surface area (Å²) in [5.74, 6) is 0.345. The molecule has 2 aromatic heterocycles. The largest absolute Gasteiger partial charge is 0.378 e. The van der Waals surface area contributed by atoms with Crippen LogP contribution in [-0.2, 0) is 4.74 Å². The summed E-state index contributed by atoms with van der Waals surface area (Å²) >= 11 is 0. The third kappa shape index (κ3) is 3.88. The van der Waals surface area contributed by atoms with Crippen LogP contribution < -0.4 is 4.90 Å². The molecule has 3 rings (SSSR count). The van der Waals surface area contributed by atoms with E-state index in [1.807, 2.05) is 51.9 Å². The molecular formula is C19H26N4O3. The van der Waals surface area contributed by atoms with E-state index in [4.69, 9.17) is 9.26 Å². The number of aryl methyl sites for hydroxylation is 1. The van der Waals surface area contributed by atoms with E-state index in [1.165, 1.54) is 0 Å². The van der Waals surface area contributed by atoms with Crippen molar-refractivity contribution < 1.29 is 14.1 Å². The lowest BCUT2D eigenvalue weighted by molar-refractivity contribution is -0.0259. The molecule has 7 heteroatoms. The maximum Gasteiger partial charge on any atom is 0.292 e. The molecule has 0 saturated carbocycles. The average Bonchev–Trinajstić information content (AvgIpc) is 3.11. The van der Waals surface area contributed by atoms with Crippen molar-refractivity contribution in [2.75, 3.05) is 38.7 Å². The minimum atomic E-state index is -0.251. The number of hydrogen-bond acceptors (Lipinski definition) is 6. The number of nitrogens with zero attached hydrogens (tertiary/aromatic N) is 4. The van der Waals surface area contributed by atoms with E-state index in [1.54, 1.807) is 11.0 Å². The summed E-state index contributed by atoms with van der Waals surface area (Å²) in [6.45, 7) is 7.43. The number of aromatic nitrogens is 2. The van der Waals surface area contributed by atoms with Crippen LogP contribution in [0.15, 0.2) is 22.7 Å². The van der Waals surface area contributed by atoms with E-state index in [2.05, 4.69) is 10.1 Å². The molecule has 1 aliphatic heterocycles. The topological polar surface area (TPSA) is 71.7 Å². The third-order valence-corrected chi connectivity index (χ3v) is 4.49. The Hall–Kier alpha value is -2.41. The lowest BCUT2D eigenvalue weighted by Gasteiger charge is -2.32. The smallest absolute Gasteiger partial charge is 0.292 e. The first-order valence-corrected chi connectivity index (χ1v) is 8.88. The summed E-state index contributed by atoms with van der Waals surface area (Å²) in [6.07, 6.45) is -0.251. The van der Waals surface area contributed by atoms with Gasteiger partial charge in [0, 0.05) is 38.1 Å². The molecule has 0 bridgehead atoms. The minimum absolute atomic E-state index is 0.154. The number of hydrogen-bond donors (Lipinski definition) is 0. The van der Waals surface area contributed by atoms with Crippen LogP contribution in [0.3, 0.4) is 0 Å². The first-order valence-electron chi connectivity index (χ1n) is 8.88. The number of amides is 1. The van der Waals surface area contributed by atoms with Crippen molar-refractivity contribution in [2.45, 2.75) is 32.8 Å². The molecule has 0 spiro atoms. The van der Waals surface area contributed by atoms with Gasteiger partial charge < -0.3 is 19.1 Å². The molecule has 0 N–H and O–H groups in total. The van der Waals surface area contributed by atoms with Crippen LogP contribution in [0.25, 0.3) is 0 Å². The van der Waals surface area contributed by atoms with Gasteiger partial charge in [-0.3, -0.25) is 9.78 Å². The highest BCUT2D eigenvalue weighted by atomic mass is 16.5. The van der Waals surface area contributed by atoms with Gasteiger partial charge in [-0.1, -0.05) is 19.0 Å². The highest BCUT2D eigenvalue weighted by molar-refractivity contribution is 5.91. The number of carbonyl (C=O) groups is 1.